The standard InChI is InChI=1S/C23H29NO2S/c1-4-8-22-23(27(25,26)21-14-11-18(2)12-15-21)16-13-19(3)24(22)17-20-9-6-5-7-10-20/h5-7,9-12,14-15,19H,4,8,13,16-17H2,1-3H3. The normalized spacial score (nSPS) is 18.0. The van der Waals surface area contributed by atoms with E-state index < -0.39 is 9.84 Å². The van der Waals surface area contributed by atoms with Crippen LogP contribution >= 0.6 is 0 Å². The van der Waals surface area contributed by atoms with Crippen LogP contribution in [0.25, 0.3) is 0 Å². The molecule has 3 nitrogen and oxygen atoms in total. The number of benzene rings is 2. The number of hydrogen-bond donors (Lipinski definition) is 0. The quantitative estimate of drug-likeness (QED) is 0.664. The molecule has 4 heteroatoms. The second-order valence-electron chi connectivity index (χ2n) is 7.44. The molecule has 1 unspecified atom stereocenters. The summed E-state index contributed by atoms with van der Waals surface area (Å²) in [7, 11) is -3.46. The van der Waals surface area contributed by atoms with Crippen molar-refractivity contribution in [2.75, 3.05) is 0 Å². The van der Waals surface area contributed by atoms with Gasteiger partial charge >= 0.3 is 0 Å². The summed E-state index contributed by atoms with van der Waals surface area (Å²) in [6.07, 6.45) is 3.20. The van der Waals surface area contributed by atoms with E-state index in [0.717, 1.165) is 37.1 Å². The molecule has 0 saturated carbocycles. The van der Waals surface area contributed by atoms with Crippen LogP contribution in [0.3, 0.4) is 0 Å². The highest BCUT2D eigenvalue weighted by atomic mass is 32.2. The van der Waals surface area contributed by atoms with Gasteiger partial charge in [0.1, 0.15) is 0 Å². The first-order valence-corrected chi connectivity index (χ1v) is 11.3. The highest BCUT2D eigenvalue weighted by Gasteiger charge is 2.32. The molecule has 0 spiro atoms. The summed E-state index contributed by atoms with van der Waals surface area (Å²) < 4.78 is 26.8. The fourth-order valence-corrected chi connectivity index (χ4v) is 5.46. The van der Waals surface area contributed by atoms with Crippen molar-refractivity contribution >= 4 is 9.84 Å². The molecule has 0 radical (unpaired) electrons. The van der Waals surface area contributed by atoms with Gasteiger partial charge in [0.15, 0.2) is 0 Å². The first kappa shape index (κ1) is 19.7. The van der Waals surface area contributed by atoms with Gasteiger partial charge in [-0.3, -0.25) is 0 Å². The van der Waals surface area contributed by atoms with Crippen molar-refractivity contribution in [2.45, 2.75) is 63.9 Å². The molecule has 144 valence electrons. The first-order chi connectivity index (χ1) is 12.9. The van der Waals surface area contributed by atoms with Crippen LogP contribution in [0.2, 0.25) is 0 Å². The Labute approximate surface area is 163 Å². The molecule has 0 aliphatic carbocycles. The lowest BCUT2D eigenvalue weighted by atomic mass is 10.0. The summed E-state index contributed by atoms with van der Waals surface area (Å²) >= 11 is 0. The Bertz CT molecular complexity index is 899. The Balaban J connectivity index is 2.05. The number of hydrogen-bond acceptors (Lipinski definition) is 3. The van der Waals surface area contributed by atoms with Crippen molar-refractivity contribution in [2.24, 2.45) is 0 Å². The van der Waals surface area contributed by atoms with Crippen LogP contribution in [0.1, 0.15) is 50.7 Å². The van der Waals surface area contributed by atoms with E-state index in [1.807, 2.05) is 37.3 Å². The third-order valence-electron chi connectivity index (χ3n) is 5.33. The van der Waals surface area contributed by atoms with Crippen molar-refractivity contribution in [3.05, 3.63) is 76.3 Å². The van der Waals surface area contributed by atoms with Crippen LogP contribution in [0.15, 0.2) is 70.1 Å². The topological polar surface area (TPSA) is 37.4 Å². The van der Waals surface area contributed by atoms with Crippen LogP contribution in [-0.4, -0.2) is 19.4 Å². The van der Waals surface area contributed by atoms with Gasteiger partial charge < -0.3 is 4.90 Å². The molecule has 2 aromatic carbocycles. The van der Waals surface area contributed by atoms with Crippen LogP contribution in [0.4, 0.5) is 0 Å². The van der Waals surface area contributed by atoms with E-state index in [1.54, 1.807) is 12.1 Å². The molecule has 1 heterocycles. The molecule has 0 amide bonds. The van der Waals surface area contributed by atoms with Crippen LogP contribution in [0.5, 0.6) is 0 Å². The van der Waals surface area contributed by atoms with Gasteiger partial charge in [-0.1, -0.05) is 61.4 Å². The van der Waals surface area contributed by atoms with Gasteiger partial charge in [-0.25, -0.2) is 8.42 Å². The second kappa shape index (κ2) is 8.30. The Morgan fingerprint density at radius 2 is 1.70 bits per heavy atom. The SMILES string of the molecule is CCCC1=C(S(=O)(=O)c2ccc(C)cc2)CCC(C)N1Cc1ccccc1. The van der Waals surface area contributed by atoms with Gasteiger partial charge in [0.05, 0.1) is 9.80 Å². The van der Waals surface area contributed by atoms with Crippen LogP contribution < -0.4 is 0 Å². The van der Waals surface area contributed by atoms with Gasteiger partial charge in [0, 0.05) is 18.3 Å². The Kier molecular flexibility index (Phi) is 6.05. The predicted molar refractivity (Wildman–Crippen MR) is 111 cm³/mol. The summed E-state index contributed by atoms with van der Waals surface area (Å²) in [4.78, 5) is 3.33. The summed E-state index contributed by atoms with van der Waals surface area (Å²) in [5, 5.41) is 0. The summed E-state index contributed by atoms with van der Waals surface area (Å²) in [6.45, 7) is 7.04. The maximum Gasteiger partial charge on any atom is 0.204 e. The molecule has 0 N–H and O–H groups in total. The number of aryl methyl sites for hydroxylation is 1. The molecular weight excluding hydrogens is 354 g/mol. The summed E-state index contributed by atoms with van der Waals surface area (Å²) in [6, 6.07) is 17.9. The van der Waals surface area contributed by atoms with Crippen LogP contribution in [-0.2, 0) is 16.4 Å². The predicted octanol–water partition coefficient (Wildman–Crippen LogP) is 5.46. The van der Waals surface area contributed by atoms with E-state index in [4.69, 9.17) is 0 Å². The van der Waals surface area contributed by atoms with Crippen molar-refractivity contribution in [1.82, 2.24) is 4.90 Å². The van der Waals surface area contributed by atoms with E-state index in [1.165, 1.54) is 5.56 Å². The fraction of sp³-hybridized carbons (Fsp3) is 0.391. The zero-order valence-corrected chi connectivity index (χ0v) is 17.3. The molecular formula is C23H29NO2S. The lowest BCUT2D eigenvalue weighted by Gasteiger charge is -2.39. The maximum atomic E-state index is 13.4. The van der Waals surface area contributed by atoms with Crippen molar-refractivity contribution in [3.63, 3.8) is 0 Å². The van der Waals surface area contributed by atoms with E-state index >= 15 is 0 Å². The summed E-state index contributed by atoms with van der Waals surface area (Å²) in [5.41, 5.74) is 3.28. The molecule has 27 heavy (non-hydrogen) atoms. The Hall–Kier alpha value is -2.07. The zero-order valence-electron chi connectivity index (χ0n) is 16.5. The lowest BCUT2D eigenvalue weighted by Crippen LogP contribution is -2.37. The second-order valence-corrected chi connectivity index (χ2v) is 9.41. The van der Waals surface area contributed by atoms with Crippen molar-refractivity contribution in [3.8, 4) is 0 Å². The van der Waals surface area contributed by atoms with E-state index in [2.05, 4.69) is 30.9 Å². The Morgan fingerprint density at radius 3 is 2.33 bits per heavy atom. The minimum atomic E-state index is -3.46. The monoisotopic (exact) mass is 383 g/mol. The van der Waals surface area contributed by atoms with Gasteiger partial charge in [-0.2, -0.15) is 0 Å². The number of allylic oxidation sites excluding steroid dienone is 2. The van der Waals surface area contributed by atoms with Crippen molar-refractivity contribution in [1.29, 1.82) is 0 Å². The molecule has 0 bridgehead atoms. The smallest absolute Gasteiger partial charge is 0.204 e. The minimum absolute atomic E-state index is 0.337. The van der Waals surface area contributed by atoms with Gasteiger partial charge in [-0.05, 0) is 50.8 Å². The fourth-order valence-electron chi connectivity index (χ4n) is 3.77. The number of rotatable bonds is 6. The molecule has 1 aliphatic rings. The Morgan fingerprint density at radius 1 is 1.04 bits per heavy atom. The molecule has 1 atom stereocenters. The highest BCUT2D eigenvalue weighted by Crippen LogP contribution is 2.36. The van der Waals surface area contributed by atoms with Crippen LogP contribution in [0, 0.1) is 6.92 Å². The third-order valence-corrected chi connectivity index (χ3v) is 7.31. The molecule has 1 aliphatic heterocycles. The van der Waals surface area contributed by atoms with E-state index in [-0.39, 0.29) is 0 Å². The molecule has 0 aromatic heterocycles. The average molecular weight is 384 g/mol. The molecule has 2 aromatic rings. The van der Waals surface area contributed by atoms with E-state index in [9.17, 15) is 8.42 Å². The molecule has 3 rings (SSSR count). The number of sulfone groups is 1. The maximum absolute atomic E-state index is 13.4. The molecule has 0 saturated heterocycles. The lowest BCUT2D eigenvalue weighted by molar-refractivity contribution is 0.222. The van der Waals surface area contributed by atoms with E-state index in [0.29, 0.717) is 22.3 Å². The van der Waals surface area contributed by atoms with Gasteiger partial charge in [0.25, 0.3) is 0 Å². The summed E-state index contributed by atoms with van der Waals surface area (Å²) in [5.74, 6) is 0. The third kappa shape index (κ3) is 4.27. The first-order valence-electron chi connectivity index (χ1n) is 9.78. The zero-order chi connectivity index (χ0) is 19.4. The molecule has 0 fully saturated rings. The van der Waals surface area contributed by atoms with Gasteiger partial charge in [0.2, 0.25) is 9.84 Å². The average Bonchev–Trinajstić information content (AvgIpc) is 2.66. The minimum Gasteiger partial charge on any atom is -0.367 e. The largest absolute Gasteiger partial charge is 0.367 e. The number of nitrogens with zero attached hydrogens (tertiary/aromatic N) is 1. The van der Waals surface area contributed by atoms with Gasteiger partial charge in [-0.15, -0.1) is 0 Å². The highest BCUT2D eigenvalue weighted by molar-refractivity contribution is 7.95. The van der Waals surface area contributed by atoms with Crippen molar-refractivity contribution < 1.29 is 8.42 Å².